The Balaban J connectivity index is 1.98. The molecule has 0 radical (unpaired) electrons. The first-order chi connectivity index (χ1) is 12.5. The molecule has 0 bridgehead atoms. The predicted octanol–water partition coefficient (Wildman–Crippen LogP) is 4.08. The van der Waals surface area contributed by atoms with Crippen LogP contribution in [0.3, 0.4) is 0 Å². The number of aromatic nitrogens is 1. The molecule has 0 aliphatic carbocycles. The van der Waals surface area contributed by atoms with Crippen LogP contribution < -0.4 is 4.80 Å². The molecular weight excluding hydrogens is 352 g/mol. The minimum absolute atomic E-state index is 0.0405. The van der Waals surface area contributed by atoms with Gasteiger partial charge in [-0.3, -0.25) is 15.1 Å². The van der Waals surface area contributed by atoms with Crippen LogP contribution in [0.2, 0.25) is 0 Å². The number of benzene rings is 1. The molecule has 0 aliphatic rings. The molecule has 2 aromatic heterocycles. The van der Waals surface area contributed by atoms with Gasteiger partial charge < -0.3 is 4.42 Å². The lowest BCUT2D eigenvalue weighted by molar-refractivity contribution is -0.384. The van der Waals surface area contributed by atoms with Crippen LogP contribution in [0.25, 0.3) is 11.5 Å². The lowest BCUT2D eigenvalue weighted by Crippen LogP contribution is -2.12. The summed E-state index contributed by atoms with van der Waals surface area (Å²) in [4.78, 5) is 15.5. The van der Waals surface area contributed by atoms with Gasteiger partial charge in [-0.15, -0.1) is 11.3 Å². The van der Waals surface area contributed by atoms with E-state index in [0.29, 0.717) is 17.1 Å². The molecule has 26 heavy (non-hydrogen) atoms. The van der Waals surface area contributed by atoms with Crippen LogP contribution in [-0.4, -0.2) is 22.4 Å². The van der Waals surface area contributed by atoms with Crippen molar-refractivity contribution in [3.8, 4) is 11.5 Å². The Morgan fingerprint density at radius 3 is 2.77 bits per heavy atom. The van der Waals surface area contributed by atoms with Gasteiger partial charge in [0.1, 0.15) is 5.69 Å². The predicted molar refractivity (Wildman–Crippen MR) is 101 cm³/mol. The van der Waals surface area contributed by atoms with Crippen LogP contribution in [0.4, 0.5) is 5.69 Å². The van der Waals surface area contributed by atoms with E-state index in [2.05, 4.69) is 16.7 Å². The Labute approximate surface area is 153 Å². The standard InChI is InChI=1S/C18H16N4O3S/c1-13(2)10-19-18-21(16(12-26-18)17-4-3-9-25-17)20-11-14-5-7-15(8-6-14)22(23)24/h3-9,11-12H,1,10H2,2H3. The van der Waals surface area contributed by atoms with Crippen LogP contribution in [0.15, 0.2) is 74.7 Å². The van der Waals surface area contributed by atoms with Gasteiger partial charge in [0.05, 0.1) is 23.9 Å². The number of non-ortho nitro benzene ring substituents is 1. The zero-order chi connectivity index (χ0) is 18.5. The average molecular weight is 368 g/mol. The van der Waals surface area contributed by atoms with E-state index in [-0.39, 0.29) is 5.69 Å². The largest absolute Gasteiger partial charge is 0.463 e. The highest BCUT2D eigenvalue weighted by atomic mass is 32.1. The smallest absolute Gasteiger partial charge is 0.269 e. The number of nitro groups is 1. The van der Waals surface area contributed by atoms with Crippen molar-refractivity contribution in [2.45, 2.75) is 6.92 Å². The van der Waals surface area contributed by atoms with Crippen molar-refractivity contribution in [3.05, 3.63) is 80.7 Å². The van der Waals surface area contributed by atoms with E-state index >= 15 is 0 Å². The number of nitrogens with zero attached hydrogens (tertiary/aromatic N) is 4. The molecule has 0 unspecified atom stereocenters. The summed E-state index contributed by atoms with van der Waals surface area (Å²) in [5, 5.41) is 17.2. The van der Waals surface area contributed by atoms with E-state index in [9.17, 15) is 10.1 Å². The van der Waals surface area contributed by atoms with Gasteiger partial charge in [-0.25, -0.2) is 4.68 Å². The summed E-state index contributed by atoms with van der Waals surface area (Å²) in [6.45, 7) is 6.28. The molecule has 2 heterocycles. The Morgan fingerprint density at radius 1 is 1.38 bits per heavy atom. The van der Waals surface area contributed by atoms with E-state index in [1.807, 2.05) is 24.4 Å². The Morgan fingerprint density at radius 2 is 2.15 bits per heavy atom. The monoisotopic (exact) mass is 368 g/mol. The fourth-order valence-corrected chi connectivity index (χ4v) is 2.94. The van der Waals surface area contributed by atoms with Gasteiger partial charge in [-0.1, -0.05) is 12.2 Å². The SMILES string of the molecule is C=C(C)CN=c1scc(-c2ccco2)n1N=Cc1ccc([N+](=O)[O-])cc1. The first-order valence-corrected chi connectivity index (χ1v) is 8.60. The second-order valence-corrected chi connectivity index (χ2v) is 6.40. The van der Waals surface area contributed by atoms with E-state index in [1.54, 1.807) is 29.3 Å². The maximum Gasteiger partial charge on any atom is 0.269 e. The molecule has 8 heteroatoms. The molecule has 0 saturated carbocycles. The summed E-state index contributed by atoms with van der Waals surface area (Å²) in [6, 6.07) is 9.83. The molecule has 0 saturated heterocycles. The van der Waals surface area contributed by atoms with Gasteiger partial charge in [0.2, 0.25) is 4.80 Å². The molecule has 3 rings (SSSR count). The maximum atomic E-state index is 10.7. The van der Waals surface area contributed by atoms with Crippen LogP contribution in [0, 0.1) is 10.1 Å². The van der Waals surface area contributed by atoms with Crippen molar-refractivity contribution in [2.24, 2.45) is 10.1 Å². The number of nitro benzene ring substituents is 1. The molecule has 7 nitrogen and oxygen atoms in total. The number of hydrogen-bond acceptors (Lipinski definition) is 6. The van der Waals surface area contributed by atoms with E-state index in [0.717, 1.165) is 16.8 Å². The van der Waals surface area contributed by atoms with Crippen molar-refractivity contribution in [3.63, 3.8) is 0 Å². The zero-order valence-corrected chi connectivity index (χ0v) is 14.8. The lowest BCUT2D eigenvalue weighted by atomic mass is 10.2. The van der Waals surface area contributed by atoms with Crippen molar-refractivity contribution >= 4 is 23.2 Å². The molecule has 0 N–H and O–H groups in total. The maximum absolute atomic E-state index is 10.7. The van der Waals surface area contributed by atoms with Crippen molar-refractivity contribution < 1.29 is 9.34 Å². The number of rotatable bonds is 6. The Kier molecular flexibility index (Phi) is 5.23. The summed E-state index contributed by atoms with van der Waals surface area (Å²) in [5.41, 5.74) is 2.51. The highest BCUT2D eigenvalue weighted by Crippen LogP contribution is 2.20. The van der Waals surface area contributed by atoms with E-state index in [1.165, 1.54) is 23.5 Å². The van der Waals surface area contributed by atoms with Gasteiger partial charge in [-0.2, -0.15) is 5.10 Å². The third-order valence-electron chi connectivity index (χ3n) is 3.37. The highest BCUT2D eigenvalue weighted by molar-refractivity contribution is 7.07. The van der Waals surface area contributed by atoms with Gasteiger partial charge >= 0.3 is 0 Å². The van der Waals surface area contributed by atoms with Crippen LogP contribution in [0.1, 0.15) is 12.5 Å². The average Bonchev–Trinajstić information content (AvgIpc) is 3.27. The lowest BCUT2D eigenvalue weighted by Gasteiger charge is -2.00. The van der Waals surface area contributed by atoms with Crippen LogP contribution in [0.5, 0.6) is 0 Å². The second kappa shape index (κ2) is 7.75. The summed E-state index contributed by atoms with van der Waals surface area (Å²) < 4.78 is 7.16. The molecule has 0 amide bonds. The van der Waals surface area contributed by atoms with Crippen molar-refractivity contribution in [1.82, 2.24) is 4.68 Å². The summed E-state index contributed by atoms with van der Waals surface area (Å²) in [5.74, 6) is 0.680. The van der Waals surface area contributed by atoms with Gasteiger partial charge in [-0.05, 0) is 36.8 Å². The van der Waals surface area contributed by atoms with Gasteiger partial charge in [0, 0.05) is 17.5 Å². The van der Waals surface area contributed by atoms with Crippen LogP contribution >= 0.6 is 11.3 Å². The van der Waals surface area contributed by atoms with Crippen LogP contribution in [-0.2, 0) is 0 Å². The number of thiazole rings is 1. The molecule has 0 fully saturated rings. The fraction of sp³-hybridized carbons (Fsp3) is 0.111. The molecule has 1 aromatic carbocycles. The molecule has 0 aliphatic heterocycles. The quantitative estimate of drug-likeness (QED) is 0.284. The second-order valence-electron chi connectivity index (χ2n) is 5.56. The molecule has 132 valence electrons. The van der Waals surface area contributed by atoms with E-state index < -0.39 is 4.92 Å². The molecule has 3 aromatic rings. The minimum atomic E-state index is -0.432. The minimum Gasteiger partial charge on any atom is -0.463 e. The van der Waals surface area contributed by atoms with Crippen molar-refractivity contribution in [2.75, 3.05) is 6.54 Å². The fourth-order valence-electron chi connectivity index (χ4n) is 2.12. The van der Waals surface area contributed by atoms with E-state index in [4.69, 9.17) is 4.42 Å². The summed E-state index contributed by atoms with van der Waals surface area (Å²) in [7, 11) is 0. The molecular formula is C18H16N4O3S. The van der Waals surface area contributed by atoms with Gasteiger partial charge in [0.25, 0.3) is 5.69 Å². The summed E-state index contributed by atoms with van der Waals surface area (Å²) in [6.07, 6.45) is 3.23. The van der Waals surface area contributed by atoms with Gasteiger partial charge in [0.15, 0.2) is 5.76 Å². The third kappa shape index (κ3) is 4.04. The Bertz CT molecular complexity index is 1010. The number of furan rings is 1. The molecule has 0 spiro atoms. The third-order valence-corrected chi connectivity index (χ3v) is 4.22. The number of hydrogen-bond donors (Lipinski definition) is 0. The first-order valence-electron chi connectivity index (χ1n) is 7.72. The van der Waals surface area contributed by atoms with Crippen molar-refractivity contribution in [1.29, 1.82) is 0 Å². The molecule has 0 atom stereocenters. The normalized spacial score (nSPS) is 12.0. The first kappa shape index (κ1) is 17.6. The zero-order valence-electron chi connectivity index (χ0n) is 14.0. The Hall–Kier alpha value is -3.26. The highest BCUT2D eigenvalue weighted by Gasteiger charge is 2.10. The summed E-state index contributed by atoms with van der Waals surface area (Å²) >= 11 is 1.45. The topological polar surface area (TPSA) is 85.9 Å².